The molecule has 1 unspecified atom stereocenters. The zero-order valence-electron chi connectivity index (χ0n) is 8.49. The van der Waals surface area contributed by atoms with Crippen LogP contribution in [0.4, 0.5) is 0 Å². The highest BCUT2D eigenvalue weighted by atomic mass is 32.2. The van der Waals surface area contributed by atoms with Crippen molar-refractivity contribution in [1.82, 2.24) is 0 Å². The average molecular weight is 208 g/mol. The highest BCUT2D eigenvalue weighted by Crippen LogP contribution is 2.13. The Bertz CT molecular complexity index is 209. The lowest BCUT2D eigenvalue weighted by Gasteiger charge is -2.10. The van der Waals surface area contributed by atoms with Gasteiger partial charge in [0.15, 0.2) is 0 Å². The Morgan fingerprint density at radius 1 is 1.15 bits per heavy atom. The van der Waals surface area contributed by atoms with Crippen LogP contribution in [-0.4, -0.2) is 18.2 Å². The first-order valence-electron chi connectivity index (χ1n) is 4.98. The second-order valence-electron chi connectivity index (χ2n) is 3.39. The minimum Gasteiger partial charge on any atom is -0.285 e. The largest absolute Gasteiger partial charge is 0.285 e. The molecule has 0 aliphatic carbocycles. The topological polar surface area (TPSA) is 54.4 Å². The summed E-state index contributed by atoms with van der Waals surface area (Å²) in [6.45, 7) is 3.90. The molecular formula is C9H20O3S. The third-order valence-corrected chi connectivity index (χ3v) is 3.67. The van der Waals surface area contributed by atoms with Gasteiger partial charge in [0.2, 0.25) is 0 Å². The van der Waals surface area contributed by atoms with Crippen LogP contribution in [0.1, 0.15) is 52.4 Å². The summed E-state index contributed by atoms with van der Waals surface area (Å²) in [4.78, 5) is 0. The summed E-state index contributed by atoms with van der Waals surface area (Å²) in [5.41, 5.74) is 0. The van der Waals surface area contributed by atoms with E-state index < -0.39 is 15.4 Å². The molecule has 0 bridgehead atoms. The van der Waals surface area contributed by atoms with E-state index in [9.17, 15) is 8.42 Å². The fourth-order valence-electron chi connectivity index (χ4n) is 1.36. The Morgan fingerprint density at radius 2 is 1.77 bits per heavy atom. The van der Waals surface area contributed by atoms with Crippen molar-refractivity contribution in [2.24, 2.45) is 0 Å². The molecule has 1 atom stereocenters. The van der Waals surface area contributed by atoms with Gasteiger partial charge in [-0.2, -0.15) is 8.42 Å². The number of hydrogen-bond donors (Lipinski definition) is 1. The highest BCUT2D eigenvalue weighted by molar-refractivity contribution is 7.86. The van der Waals surface area contributed by atoms with Crippen LogP contribution >= 0.6 is 0 Å². The van der Waals surface area contributed by atoms with Crippen LogP contribution in [-0.2, 0) is 10.1 Å². The van der Waals surface area contributed by atoms with Gasteiger partial charge in [0.05, 0.1) is 5.25 Å². The lowest BCUT2D eigenvalue weighted by Crippen LogP contribution is -2.19. The van der Waals surface area contributed by atoms with Gasteiger partial charge in [0, 0.05) is 0 Å². The van der Waals surface area contributed by atoms with Crippen LogP contribution in [0.2, 0.25) is 0 Å². The molecule has 0 saturated carbocycles. The first kappa shape index (κ1) is 12.9. The fourth-order valence-corrected chi connectivity index (χ4v) is 2.25. The van der Waals surface area contributed by atoms with E-state index in [1.807, 2.05) is 0 Å². The second-order valence-corrected chi connectivity index (χ2v) is 5.09. The van der Waals surface area contributed by atoms with Gasteiger partial charge in [-0.15, -0.1) is 0 Å². The molecule has 0 aliphatic heterocycles. The fraction of sp³-hybridized carbons (Fsp3) is 1.00. The molecule has 0 saturated heterocycles. The van der Waals surface area contributed by atoms with E-state index in [4.69, 9.17) is 4.55 Å². The normalized spacial score (nSPS) is 14.4. The van der Waals surface area contributed by atoms with Gasteiger partial charge >= 0.3 is 0 Å². The molecule has 0 heterocycles. The van der Waals surface area contributed by atoms with Gasteiger partial charge in [-0.25, -0.2) is 0 Å². The Morgan fingerprint density at radius 3 is 2.15 bits per heavy atom. The summed E-state index contributed by atoms with van der Waals surface area (Å²) < 4.78 is 30.4. The average Bonchev–Trinajstić information content (AvgIpc) is 2.02. The van der Waals surface area contributed by atoms with Crippen LogP contribution in [0.5, 0.6) is 0 Å². The highest BCUT2D eigenvalue weighted by Gasteiger charge is 2.19. The predicted molar refractivity (Wildman–Crippen MR) is 54.4 cm³/mol. The van der Waals surface area contributed by atoms with Crippen LogP contribution in [0, 0.1) is 0 Å². The molecule has 0 aromatic heterocycles. The minimum atomic E-state index is -3.80. The smallest absolute Gasteiger partial charge is 0.267 e. The molecule has 0 aromatic carbocycles. The van der Waals surface area contributed by atoms with Gasteiger partial charge in [-0.1, -0.05) is 39.5 Å². The SMILES string of the molecule is CCCCCCC(CC)S(=O)(=O)O. The molecule has 0 rings (SSSR count). The maximum absolute atomic E-state index is 10.8. The van der Waals surface area contributed by atoms with E-state index in [0.29, 0.717) is 12.8 Å². The third kappa shape index (κ3) is 6.05. The Hall–Kier alpha value is -0.0900. The summed E-state index contributed by atoms with van der Waals surface area (Å²) in [6.07, 6.45) is 5.33. The molecule has 0 aliphatic rings. The first-order chi connectivity index (χ1) is 6.02. The second kappa shape index (κ2) is 6.38. The zero-order valence-corrected chi connectivity index (χ0v) is 9.31. The van der Waals surface area contributed by atoms with Gasteiger partial charge in [0.25, 0.3) is 10.1 Å². The van der Waals surface area contributed by atoms with Crippen molar-refractivity contribution >= 4 is 10.1 Å². The summed E-state index contributed by atoms with van der Waals surface area (Å²) in [5.74, 6) is 0. The molecule has 4 heteroatoms. The molecular weight excluding hydrogens is 188 g/mol. The molecule has 13 heavy (non-hydrogen) atoms. The molecule has 0 amide bonds. The van der Waals surface area contributed by atoms with Crippen molar-refractivity contribution in [1.29, 1.82) is 0 Å². The van der Waals surface area contributed by atoms with Gasteiger partial charge < -0.3 is 0 Å². The number of rotatable bonds is 7. The summed E-state index contributed by atoms with van der Waals surface area (Å²) >= 11 is 0. The van der Waals surface area contributed by atoms with Crippen LogP contribution in [0.3, 0.4) is 0 Å². The monoisotopic (exact) mass is 208 g/mol. The molecule has 0 aromatic rings. The molecule has 0 radical (unpaired) electrons. The van der Waals surface area contributed by atoms with Crippen molar-refractivity contribution in [3.05, 3.63) is 0 Å². The standard InChI is InChI=1S/C9H20O3S/c1-3-5-6-7-8-9(4-2)13(10,11)12/h9H,3-8H2,1-2H3,(H,10,11,12). The number of hydrogen-bond acceptors (Lipinski definition) is 2. The Labute approximate surface area is 81.3 Å². The van der Waals surface area contributed by atoms with E-state index in [2.05, 4.69) is 6.92 Å². The lowest BCUT2D eigenvalue weighted by molar-refractivity contribution is 0.453. The Kier molecular flexibility index (Phi) is 6.33. The summed E-state index contributed by atoms with van der Waals surface area (Å²) in [5, 5.41) is -0.552. The molecule has 0 spiro atoms. The molecule has 0 fully saturated rings. The quantitative estimate of drug-likeness (QED) is 0.517. The van der Waals surface area contributed by atoms with Crippen molar-refractivity contribution in [3.8, 4) is 0 Å². The molecule has 80 valence electrons. The third-order valence-electron chi connectivity index (χ3n) is 2.26. The van der Waals surface area contributed by atoms with Gasteiger partial charge in [0.1, 0.15) is 0 Å². The van der Waals surface area contributed by atoms with Crippen LogP contribution in [0.25, 0.3) is 0 Å². The van der Waals surface area contributed by atoms with Crippen LogP contribution in [0.15, 0.2) is 0 Å². The summed E-state index contributed by atoms with van der Waals surface area (Å²) in [7, 11) is -3.80. The predicted octanol–water partition coefficient (Wildman–Crippen LogP) is 2.62. The van der Waals surface area contributed by atoms with Gasteiger partial charge in [-0.3, -0.25) is 4.55 Å². The van der Waals surface area contributed by atoms with E-state index in [-0.39, 0.29) is 0 Å². The maximum Gasteiger partial charge on any atom is 0.267 e. The van der Waals surface area contributed by atoms with E-state index >= 15 is 0 Å². The molecule has 1 N–H and O–H groups in total. The summed E-state index contributed by atoms with van der Waals surface area (Å²) in [6, 6.07) is 0. The Balaban J connectivity index is 3.74. The lowest BCUT2D eigenvalue weighted by atomic mass is 10.1. The van der Waals surface area contributed by atoms with Gasteiger partial charge in [-0.05, 0) is 12.8 Å². The van der Waals surface area contributed by atoms with Crippen molar-refractivity contribution in [2.45, 2.75) is 57.6 Å². The van der Waals surface area contributed by atoms with E-state index in [0.717, 1.165) is 25.7 Å². The minimum absolute atomic E-state index is 0.505. The van der Waals surface area contributed by atoms with Crippen molar-refractivity contribution < 1.29 is 13.0 Å². The van der Waals surface area contributed by atoms with E-state index in [1.165, 1.54) is 0 Å². The maximum atomic E-state index is 10.8. The van der Waals surface area contributed by atoms with Crippen molar-refractivity contribution in [3.63, 3.8) is 0 Å². The first-order valence-corrected chi connectivity index (χ1v) is 6.49. The van der Waals surface area contributed by atoms with Crippen molar-refractivity contribution in [2.75, 3.05) is 0 Å². The van der Waals surface area contributed by atoms with Crippen LogP contribution < -0.4 is 0 Å². The zero-order chi connectivity index (χ0) is 10.3. The molecule has 3 nitrogen and oxygen atoms in total. The van der Waals surface area contributed by atoms with E-state index in [1.54, 1.807) is 6.92 Å². The number of unbranched alkanes of at least 4 members (excludes halogenated alkanes) is 3.